The van der Waals surface area contributed by atoms with Crippen molar-refractivity contribution in [2.45, 2.75) is 38.6 Å². The molecular weight excluding hydrogens is 212 g/mol. The number of carbonyl (C=O) groups excluding carboxylic acids is 1. The summed E-state index contributed by atoms with van der Waals surface area (Å²) in [5, 5.41) is 3.07. The number of carbonyl (C=O) groups is 1. The molecule has 1 aliphatic carbocycles. The van der Waals surface area contributed by atoms with E-state index in [2.05, 4.69) is 12.2 Å². The molecule has 92 valence electrons. The predicted molar refractivity (Wildman–Crippen MR) is 69.5 cm³/mol. The molecule has 0 radical (unpaired) electrons. The molecule has 0 aliphatic heterocycles. The smallest absolute Gasteiger partial charge is 0.224 e. The van der Waals surface area contributed by atoms with E-state index in [1.54, 1.807) is 0 Å². The van der Waals surface area contributed by atoms with Gasteiger partial charge in [-0.3, -0.25) is 4.79 Å². The van der Waals surface area contributed by atoms with Crippen LogP contribution in [-0.2, 0) is 11.2 Å². The summed E-state index contributed by atoms with van der Waals surface area (Å²) in [6.45, 7) is 2.10. The average Bonchev–Trinajstić information content (AvgIpc) is 2.13. The van der Waals surface area contributed by atoms with Gasteiger partial charge >= 0.3 is 0 Å². The second-order valence-electron chi connectivity index (χ2n) is 4.97. The fourth-order valence-electron chi connectivity index (χ4n) is 2.25. The van der Waals surface area contributed by atoms with Crippen molar-refractivity contribution < 1.29 is 4.79 Å². The van der Waals surface area contributed by atoms with E-state index >= 15 is 0 Å². The monoisotopic (exact) mass is 232 g/mol. The Bertz CT molecular complexity index is 399. The van der Waals surface area contributed by atoms with Crippen LogP contribution in [0.2, 0.25) is 0 Å². The zero-order chi connectivity index (χ0) is 12.3. The van der Waals surface area contributed by atoms with Crippen LogP contribution in [0.5, 0.6) is 0 Å². The Morgan fingerprint density at radius 2 is 2.29 bits per heavy atom. The first kappa shape index (κ1) is 12.0. The van der Waals surface area contributed by atoms with Crippen LogP contribution in [0.25, 0.3) is 0 Å². The minimum Gasteiger partial charge on any atom is -0.399 e. The van der Waals surface area contributed by atoms with E-state index in [1.807, 2.05) is 24.3 Å². The number of hydrogen-bond acceptors (Lipinski definition) is 2. The number of nitrogens with two attached hydrogens (primary N) is 1. The van der Waals surface area contributed by atoms with E-state index in [0.29, 0.717) is 24.1 Å². The maximum Gasteiger partial charge on any atom is 0.224 e. The van der Waals surface area contributed by atoms with Gasteiger partial charge in [0.1, 0.15) is 0 Å². The lowest BCUT2D eigenvalue weighted by molar-refractivity contribution is -0.121. The molecule has 0 spiro atoms. The molecule has 1 aromatic rings. The maximum atomic E-state index is 11.8. The number of benzene rings is 1. The highest BCUT2D eigenvalue weighted by atomic mass is 16.1. The standard InChI is InChI=1S/C14H20N2O/c1-10(12-5-3-6-12)16-14(17)9-11-4-2-7-13(15)8-11/h2,4,7-8,10,12H,3,5-6,9,15H2,1H3,(H,16,17). The molecule has 0 bridgehead atoms. The molecule has 1 saturated carbocycles. The van der Waals surface area contributed by atoms with Gasteiger partial charge in [0.15, 0.2) is 0 Å². The van der Waals surface area contributed by atoms with Gasteiger partial charge in [0, 0.05) is 11.7 Å². The molecule has 1 unspecified atom stereocenters. The summed E-state index contributed by atoms with van der Waals surface area (Å²) in [6, 6.07) is 7.81. The molecule has 0 saturated heterocycles. The number of hydrogen-bond donors (Lipinski definition) is 2. The molecule has 3 heteroatoms. The predicted octanol–water partition coefficient (Wildman–Crippen LogP) is 2.12. The quantitative estimate of drug-likeness (QED) is 0.781. The zero-order valence-corrected chi connectivity index (χ0v) is 10.3. The van der Waals surface area contributed by atoms with Gasteiger partial charge in [0.05, 0.1) is 6.42 Å². The van der Waals surface area contributed by atoms with Crippen molar-refractivity contribution in [1.82, 2.24) is 5.32 Å². The van der Waals surface area contributed by atoms with Crippen LogP contribution in [0.1, 0.15) is 31.7 Å². The first-order chi connectivity index (χ1) is 8.15. The van der Waals surface area contributed by atoms with E-state index < -0.39 is 0 Å². The Hall–Kier alpha value is -1.51. The third-order valence-corrected chi connectivity index (χ3v) is 3.56. The van der Waals surface area contributed by atoms with Gasteiger partial charge < -0.3 is 11.1 Å². The maximum absolute atomic E-state index is 11.8. The van der Waals surface area contributed by atoms with Crippen molar-refractivity contribution in [3.63, 3.8) is 0 Å². The molecule has 2 rings (SSSR count). The van der Waals surface area contributed by atoms with Crippen LogP contribution in [0.4, 0.5) is 5.69 Å². The summed E-state index contributed by atoms with van der Waals surface area (Å²) in [5.41, 5.74) is 7.37. The second-order valence-corrected chi connectivity index (χ2v) is 4.97. The van der Waals surface area contributed by atoms with Gasteiger partial charge in [-0.15, -0.1) is 0 Å². The average molecular weight is 232 g/mol. The van der Waals surface area contributed by atoms with Gasteiger partial charge in [-0.1, -0.05) is 18.6 Å². The molecule has 1 fully saturated rings. The molecule has 1 atom stereocenters. The number of nitrogens with one attached hydrogen (secondary N) is 1. The summed E-state index contributed by atoms with van der Waals surface area (Å²) in [6.07, 6.45) is 4.22. The van der Waals surface area contributed by atoms with E-state index in [-0.39, 0.29) is 5.91 Å². The third-order valence-electron chi connectivity index (χ3n) is 3.56. The fourth-order valence-corrected chi connectivity index (χ4v) is 2.25. The molecule has 0 aromatic heterocycles. The van der Waals surface area contributed by atoms with Crippen LogP contribution in [0.3, 0.4) is 0 Å². The van der Waals surface area contributed by atoms with Crippen molar-refractivity contribution >= 4 is 11.6 Å². The minimum absolute atomic E-state index is 0.0926. The first-order valence-corrected chi connectivity index (χ1v) is 6.29. The molecule has 17 heavy (non-hydrogen) atoms. The molecular formula is C14H20N2O. The lowest BCUT2D eigenvalue weighted by atomic mass is 9.80. The highest BCUT2D eigenvalue weighted by Gasteiger charge is 2.24. The first-order valence-electron chi connectivity index (χ1n) is 6.29. The summed E-state index contributed by atoms with van der Waals surface area (Å²) < 4.78 is 0. The SMILES string of the molecule is CC(NC(=O)Cc1cccc(N)c1)C1CCC1. The van der Waals surface area contributed by atoms with Gasteiger partial charge in [0.25, 0.3) is 0 Å². The fraction of sp³-hybridized carbons (Fsp3) is 0.500. The number of amides is 1. The molecule has 1 amide bonds. The Labute approximate surface area is 102 Å². The zero-order valence-electron chi connectivity index (χ0n) is 10.3. The number of rotatable bonds is 4. The van der Waals surface area contributed by atoms with E-state index in [9.17, 15) is 4.79 Å². The lowest BCUT2D eigenvalue weighted by Crippen LogP contribution is -2.41. The Morgan fingerprint density at radius 3 is 2.88 bits per heavy atom. The van der Waals surface area contributed by atoms with Gasteiger partial charge in [-0.2, -0.15) is 0 Å². The van der Waals surface area contributed by atoms with Crippen LogP contribution in [0.15, 0.2) is 24.3 Å². The van der Waals surface area contributed by atoms with Gasteiger partial charge in [-0.25, -0.2) is 0 Å². The minimum atomic E-state index is 0.0926. The Kier molecular flexibility index (Phi) is 3.67. The van der Waals surface area contributed by atoms with E-state index in [0.717, 1.165) is 5.56 Å². The highest BCUT2D eigenvalue weighted by Crippen LogP contribution is 2.29. The largest absolute Gasteiger partial charge is 0.399 e. The number of nitrogen functional groups attached to an aromatic ring is 1. The van der Waals surface area contributed by atoms with Crippen molar-refractivity contribution in [3.05, 3.63) is 29.8 Å². The second kappa shape index (κ2) is 5.21. The van der Waals surface area contributed by atoms with Crippen molar-refractivity contribution in [2.75, 3.05) is 5.73 Å². The van der Waals surface area contributed by atoms with Crippen molar-refractivity contribution in [1.29, 1.82) is 0 Å². The topological polar surface area (TPSA) is 55.1 Å². The molecule has 1 aliphatic rings. The molecule has 0 heterocycles. The van der Waals surface area contributed by atoms with E-state index in [4.69, 9.17) is 5.73 Å². The lowest BCUT2D eigenvalue weighted by Gasteiger charge is -2.31. The van der Waals surface area contributed by atoms with Crippen LogP contribution < -0.4 is 11.1 Å². The van der Waals surface area contributed by atoms with Crippen LogP contribution >= 0.6 is 0 Å². The van der Waals surface area contributed by atoms with Crippen LogP contribution in [0, 0.1) is 5.92 Å². The van der Waals surface area contributed by atoms with Crippen LogP contribution in [-0.4, -0.2) is 11.9 Å². The normalized spacial score (nSPS) is 17.2. The summed E-state index contributed by atoms with van der Waals surface area (Å²) in [7, 11) is 0. The Balaban J connectivity index is 1.84. The molecule has 1 aromatic carbocycles. The third kappa shape index (κ3) is 3.22. The van der Waals surface area contributed by atoms with Gasteiger partial charge in [-0.05, 0) is 43.4 Å². The summed E-state index contributed by atoms with van der Waals surface area (Å²) in [5.74, 6) is 0.773. The van der Waals surface area contributed by atoms with Crippen molar-refractivity contribution in [3.8, 4) is 0 Å². The molecule has 3 nitrogen and oxygen atoms in total. The number of anilines is 1. The van der Waals surface area contributed by atoms with Crippen molar-refractivity contribution in [2.24, 2.45) is 5.92 Å². The Morgan fingerprint density at radius 1 is 1.53 bits per heavy atom. The summed E-state index contributed by atoms with van der Waals surface area (Å²) in [4.78, 5) is 11.8. The molecule has 3 N–H and O–H groups in total. The highest BCUT2D eigenvalue weighted by molar-refractivity contribution is 5.79. The van der Waals surface area contributed by atoms with E-state index in [1.165, 1.54) is 19.3 Å². The van der Waals surface area contributed by atoms with Gasteiger partial charge in [0.2, 0.25) is 5.91 Å². The summed E-state index contributed by atoms with van der Waals surface area (Å²) >= 11 is 0.